The van der Waals surface area contributed by atoms with Gasteiger partial charge in [-0.05, 0) is 31.1 Å². The van der Waals surface area contributed by atoms with E-state index in [1.807, 2.05) is 0 Å². The Morgan fingerprint density at radius 1 is 1.33 bits per heavy atom. The molecule has 1 aromatic rings. The highest BCUT2D eigenvalue weighted by Gasteiger charge is 2.22. The van der Waals surface area contributed by atoms with Gasteiger partial charge in [0.2, 0.25) is 0 Å². The number of aromatic nitrogens is 2. The van der Waals surface area contributed by atoms with Gasteiger partial charge in [0.1, 0.15) is 5.82 Å². The van der Waals surface area contributed by atoms with Crippen LogP contribution in [0.5, 0.6) is 0 Å². The number of nitrogens with zero attached hydrogens (tertiary/aromatic N) is 2. The van der Waals surface area contributed by atoms with Gasteiger partial charge < -0.3 is 9.88 Å². The van der Waals surface area contributed by atoms with Gasteiger partial charge in [0.25, 0.3) is 0 Å². The molecule has 1 aromatic heterocycles. The summed E-state index contributed by atoms with van der Waals surface area (Å²) < 4.78 is 2.58. The lowest BCUT2D eigenvalue weighted by atomic mass is 9.81. The molecule has 0 amide bonds. The van der Waals surface area contributed by atoms with Gasteiger partial charge in [0, 0.05) is 38.2 Å². The standard InChI is InChI=1S/C18H31N3/c1-3-5-18-20-16-13-19-10-8-17(16)21(18)11-9-15-7-4-6-14(2)12-15/h14-15,19H,3-13H2,1-2H3. The summed E-state index contributed by atoms with van der Waals surface area (Å²) in [6.45, 7) is 7.98. The van der Waals surface area contributed by atoms with Crippen LogP contribution in [-0.2, 0) is 25.9 Å². The number of hydrogen-bond donors (Lipinski definition) is 1. The van der Waals surface area contributed by atoms with Crippen molar-refractivity contribution in [3.05, 3.63) is 17.2 Å². The van der Waals surface area contributed by atoms with Crippen molar-refractivity contribution in [2.45, 2.75) is 78.3 Å². The predicted octanol–water partition coefficient (Wildman–Crippen LogP) is 3.70. The van der Waals surface area contributed by atoms with Gasteiger partial charge in [0.15, 0.2) is 0 Å². The number of hydrogen-bond acceptors (Lipinski definition) is 2. The highest BCUT2D eigenvalue weighted by atomic mass is 15.1. The third kappa shape index (κ3) is 3.50. The highest BCUT2D eigenvalue weighted by molar-refractivity contribution is 5.20. The number of nitrogens with one attached hydrogen (secondary N) is 1. The molecular weight excluding hydrogens is 258 g/mol. The molecule has 1 saturated carbocycles. The van der Waals surface area contributed by atoms with Gasteiger partial charge in [-0.2, -0.15) is 0 Å². The monoisotopic (exact) mass is 289 g/mol. The summed E-state index contributed by atoms with van der Waals surface area (Å²) in [5.74, 6) is 3.23. The van der Waals surface area contributed by atoms with E-state index in [4.69, 9.17) is 4.98 Å². The van der Waals surface area contributed by atoms with Crippen LogP contribution >= 0.6 is 0 Å². The molecule has 1 fully saturated rings. The van der Waals surface area contributed by atoms with Crippen molar-refractivity contribution < 1.29 is 0 Å². The van der Waals surface area contributed by atoms with E-state index in [1.54, 1.807) is 0 Å². The van der Waals surface area contributed by atoms with Gasteiger partial charge in [0.05, 0.1) is 5.69 Å². The van der Waals surface area contributed by atoms with Gasteiger partial charge in [-0.15, -0.1) is 0 Å². The zero-order valence-corrected chi connectivity index (χ0v) is 13.8. The van der Waals surface area contributed by atoms with E-state index in [0.717, 1.165) is 37.8 Å². The van der Waals surface area contributed by atoms with E-state index in [-0.39, 0.29) is 0 Å². The van der Waals surface area contributed by atoms with Gasteiger partial charge in [-0.25, -0.2) is 4.98 Å². The van der Waals surface area contributed by atoms with Crippen molar-refractivity contribution in [2.75, 3.05) is 6.54 Å². The molecule has 0 aromatic carbocycles. The summed E-state index contributed by atoms with van der Waals surface area (Å²) >= 11 is 0. The molecule has 1 N–H and O–H groups in total. The molecule has 2 unspecified atom stereocenters. The van der Waals surface area contributed by atoms with E-state index < -0.39 is 0 Å². The topological polar surface area (TPSA) is 29.9 Å². The van der Waals surface area contributed by atoms with Crippen molar-refractivity contribution in [3.8, 4) is 0 Å². The number of fused-ring (bicyclic) bond motifs is 1. The van der Waals surface area contributed by atoms with E-state index in [9.17, 15) is 0 Å². The average molecular weight is 289 g/mol. The molecule has 0 spiro atoms. The van der Waals surface area contributed by atoms with Crippen molar-refractivity contribution in [1.29, 1.82) is 0 Å². The third-order valence-electron chi connectivity index (χ3n) is 5.35. The predicted molar refractivity (Wildman–Crippen MR) is 87.4 cm³/mol. The SMILES string of the molecule is CCCc1nc2c(n1CCC1CCCC(C)C1)CCNC2. The van der Waals surface area contributed by atoms with Crippen molar-refractivity contribution >= 4 is 0 Å². The summed E-state index contributed by atoms with van der Waals surface area (Å²) in [4.78, 5) is 4.92. The summed E-state index contributed by atoms with van der Waals surface area (Å²) in [7, 11) is 0. The smallest absolute Gasteiger partial charge is 0.109 e. The molecule has 2 heterocycles. The minimum absolute atomic E-state index is 0.944. The van der Waals surface area contributed by atoms with Crippen LogP contribution in [0.1, 0.15) is 69.6 Å². The van der Waals surface area contributed by atoms with Crippen LogP contribution in [0.3, 0.4) is 0 Å². The van der Waals surface area contributed by atoms with E-state index in [1.165, 1.54) is 62.3 Å². The van der Waals surface area contributed by atoms with Crippen LogP contribution in [0.15, 0.2) is 0 Å². The first-order valence-electron chi connectivity index (χ1n) is 9.05. The molecule has 3 heteroatoms. The van der Waals surface area contributed by atoms with Gasteiger partial charge >= 0.3 is 0 Å². The molecule has 2 atom stereocenters. The minimum Gasteiger partial charge on any atom is -0.332 e. The second kappa shape index (κ2) is 6.95. The molecule has 2 aliphatic rings. The first-order chi connectivity index (χ1) is 10.3. The average Bonchev–Trinajstić information content (AvgIpc) is 2.83. The van der Waals surface area contributed by atoms with Crippen LogP contribution in [0.25, 0.3) is 0 Å². The Kier molecular flexibility index (Phi) is 4.99. The molecule has 3 nitrogen and oxygen atoms in total. The fourth-order valence-electron chi connectivity index (χ4n) is 4.24. The fourth-order valence-corrected chi connectivity index (χ4v) is 4.24. The largest absolute Gasteiger partial charge is 0.332 e. The minimum atomic E-state index is 0.944. The Labute approximate surface area is 129 Å². The second-order valence-corrected chi connectivity index (χ2v) is 7.18. The normalized spacial score (nSPS) is 25.8. The molecule has 3 rings (SSSR count). The maximum Gasteiger partial charge on any atom is 0.109 e. The molecule has 1 aliphatic carbocycles. The lowest BCUT2D eigenvalue weighted by molar-refractivity contribution is 0.259. The maximum absolute atomic E-state index is 4.92. The lowest BCUT2D eigenvalue weighted by Gasteiger charge is -2.27. The van der Waals surface area contributed by atoms with E-state index >= 15 is 0 Å². The summed E-state index contributed by atoms with van der Waals surface area (Å²) in [6.07, 6.45) is 10.6. The van der Waals surface area contributed by atoms with Crippen LogP contribution in [0, 0.1) is 11.8 Å². The molecule has 0 saturated heterocycles. The summed E-state index contributed by atoms with van der Waals surface area (Å²) in [5, 5.41) is 3.46. The fraction of sp³-hybridized carbons (Fsp3) is 0.833. The maximum atomic E-state index is 4.92. The third-order valence-corrected chi connectivity index (χ3v) is 5.35. The van der Waals surface area contributed by atoms with Crippen molar-refractivity contribution in [2.24, 2.45) is 11.8 Å². The molecule has 1 aliphatic heterocycles. The highest BCUT2D eigenvalue weighted by Crippen LogP contribution is 2.31. The summed E-state index contributed by atoms with van der Waals surface area (Å²) in [5.41, 5.74) is 2.85. The van der Waals surface area contributed by atoms with Crippen LogP contribution in [0.4, 0.5) is 0 Å². The molecule has 21 heavy (non-hydrogen) atoms. The molecule has 118 valence electrons. The van der Waals surface area contributed by atoms with Crippen LogP contribution in [0.2, 0.25) is 0 Å². The summed E-state index contributed by atoms with van der Waals surface area (Å²) in [6, 6.07) is 0. The molecular formula is C18H31N3. The molecule has 0 radical (unpaired) electrons. The van der Waals surface area contributed by atoms with E-state index in [0.29, 0.717) is 0 Å². The zero-order chi connectivity index (χ0) is 14.7. The second-order valence-electron chi connectivity index (χ2n) is 7.18. The first kappa shape index (κ1) is 15.1. The van der Waals surface area contributed by atoms with Crippen LogP contribution in [-0.4, -0.2) is 16.1 Å². The quantitative estimate of drug-likeness (QED) is 0.896. The Bertz CT molecular complexity index is 463. The Hall–Kier alpha value is -0.830. The van der Waals surface area contributed by atoms with Gasteiger partial charge in [-0.1, -0.05) is 33.1 Å². The van der Waals surface area contributed by atoms with E-state index in [2.05, 4.69) is 23.7 Å². The lowest BCUT2D eigenvalue weighted by Crippen LogP contribution is -2.25. The number of imidazole rings is 1. The van der Waals surface area contributed by atoms with Crippen molar-refractivity contribution in [3.63, 3.8) is 0 Å². The van der Waals surface area contributed by atoms with Crippen molar-refractivity contribution in [1.82, 2.24) is 14.9 Å². The Morgan fingerprint density at radius 3 is 3.05 bits per heavy atom. The van der Waals surface area contributed by atoms with Gasteiger partial charge in [-0.3, -0.25) is 0 Å². The number of aryl methyl sites for hydroxylation is 1. The zero-order valence-electron chi connectivity index (χ0n) is 13.8. The Balaban J connectivity index is 1.69. The Morgan fingerprint density at radius 2 is 2.24 bits per heavy atom. The number of rotatable bonds is 5. The first-order valence-corrected chi connectivity index (χ1v) is 9.05. The van der Waals surface area contributed by atoms with Crippen LogP contribution < -0.4 is 5.32 Å². The molecule has 0 bridgehead atoms.